The Balaban J connectivity index is 1.64. The molecule has 3 aromatic heterocycles. The number of amides is 1. The first-order valence-electron chi connectivity index (χ1n) is 9.09. The number of aryl methyl sites for hydroxylation is 1. The van der Waals surface area contributed by atoms with Crippen LogP contribution in [0.1, 0.15) is 22.8 Å². The summed E-state index contributed by atoms with van der Waals surface area (Å²) >= 11 is 0. The number of nitrogens with one attached hydrogen (secondary N) is 1. The van der Waals surface area contributed by atoms with Crippen molar-refractivity contribution in [2.75, 3.05) is 11.9 Å². The highest BCUT2D eigenvalue weighted by molar-refractivity contribution is 6.06. The number of carbonyl (C=O) groups is 1. The van der Waals surface area contributed by atoms with Gasteiger partial charge in [0, 0.05) is 30.2 Å². The summed E-state index contributed by atoms with van der Waals surface area (Å²) in [6.45, 7) is 4.45. The first kappa shape index (κ1) is 17.7. The normalized spacial score (nSPS) is 10.8. The molecule has 0 aliphatic carbocycles. The Hall–Kier alpha value is -3.67. The fourth-order valence-electron chi connectivity index (χ4n) is 3.04. The molecule has 0 saturated carbocycles. The minimum absolute atomic E-state index is 0.233. The van der Waals surface area contributed by atoms with Gasteiger partial charge in [0.05, 0.1) is 23.6 Å². The van der Waals surface area contributed by atoms with Crippen LogP contribution in [0.4, 0.5) is 5.69 Å². The van der Waals surface area contributed by atoms with Crippen LogP contribution in [0.2, 0.25) is 0 Å². The number of rotatable bonds is 5. The number of fused-ring (bicyclic) bond motifs is 1. The Morgan fingerprint density at radius 2 is 2.00 bits per heavy atom. The number of benzene rings is 1. The molecule has 0 radical (unpaired) electrons. The van der Waals surface area contributed by atoms with Crippen LogP contribution in [0, 0.1) is 6.92 Å². The number of hydrogen-bond donors (Lipinski definition) is 1. The first-order valence-corrected chi connectivity index (χ1v) is 9.09. The third-order valence-corrected chi connectivity index (χ3v) is 4.42. The van der Waals surface area contributed by atoms with E-state index in [1.807, 2.05) is 67.0 Å². The largest absolute Gasteiger partial charge is 0.478 e. The van der Waals surface area contributed by atoms with Crippen molar-refractivity contribution in [2.24, 2.45) is 0 Å². The molecule has 0 unspecified atom stereocenters. The summed E-state index contributed by atoms with van der Waals surface area (Å²) in [6.07, 6.45) is 5.44. The van der Waals surface area contributed by atoms with Gasteiger partial charge in [-0.25, -0.2) is 9.97 Å². The second-order valence-electron chi connectivity index (χ2n) is 6.37. The van der Waals surface area contributed by atoms with E-state index in [9.17, 15) is 4.79 Å². The Bertz CT molecular complexity index is 1130. The number of carbonyl (C=O) groups excluding carboxylic acids is 1. The van der Waals surface area contributed by atoms with E-state index < -0.39 is 0 Å². The predicted molar refractivity (Wildman–Crippen MR) is 109 cm³/mol. The lowest BCUT2D eigenvalue weighted by Crippen LogP contribution is -2.13. The van der Waals surface area contributed by atoms with Crippen molar-refractivity contribution in [3.63, 3.8) is 0 Å². The molecule has 6 nitrogen and oxygen atoms in total. The second kappa shape index (κ2) is 7.52. The van der Waals surface area contributed by atoms with Gasteiger partial charge < -0.3 is 14.5 Å². The number of hydrogen-bond acceptors (Lipinski definition) is 4. The molecule has 0 spiro atoms. The van der Waals surface area contributed by atoms with E-state index in [-0.39, 0.29) is 5.91 Å². The Kier molecular flexibility index (Phi) is 4.76. The molecule has 0 atom stereocenters. The lowest BCUT2D eigenvalue weighted by atomic mass is 10.1. The van der Waals surface area contributed by atoms with Crippen LogP contribution in [-0.2, 0) is 0 Å². The fraction of sp³-hybridized carbons (Fsp3) is 0.136. The average molecular weight is 372 g/mol. The van der Waals surface area contributed by atoms with Crippen molar-refractivity contribution in [1.82, 2.24) is 14.4 Å². The molecule has 0 aliphatic rings. The van der Waals surface area contributed by atoms with Gasteiger partial charge in [0.25, 0.3) is 5.91 Å². The van der Waals surface area contributed by atoms with Gasteiger partial charge in [0.2, 0.25) is 5.88 Å². The maximum atomic E-state index is 12.7. The molecule has 1 aromatic carbocycles. The molecule has 4 rings (SSSR count). The van der Waals surface area contributed by atoms with Crippen molar-refractivity contribution < 1.29 is 9.53 Å². The van der Waals surface area contributed by atoms with E-state index in [0.717, 1.165) is 22.5 Å². The first-order chi connectivity index (χ1) is 13.7. The standard InChI is InChI=1S/C22H20N4O2/c1-3-28-20-11-10-16(13-23-20)22(27)25-18-9-5-4-8-17(18)19-14-26-12-6-7-15(2)21(26)24-19/h4-14H,3H2,1-2H3,(H,25,27). The van der Waals surface area contributed by atoms with Gasteiger partial charge in [-0.15, -0.1) is 0 Å². The van der Waals surface area contributed by atoms with Gasteiger partial charge in [-0.3, -0.25) is 4.79 Å². The van der Waals surface area contributed by atoms with Crippen molar-refractivity contribution in [1.29, 1.82) is 0 Å². The summed E-state index contributed by atoms with van der Waals surface area (Å²) in [4.78, 5) is 21.6. The van der Waals surface area contributed by atoms with E-state index in [4.69, 9.17) is 9.72 Å². The van der Waals surface area contributed by atoms with E-state index in [2.05, 4.69) is 10.3 Å². The fourth-order valence-corrected chi connectivity index (χ4v) is 3.04. The van der Waals surface area contributed by atoms with Gasteiger partial charge in [0.1, 0.15) is 5.65 Å². The summed E-state index contributed by atoms with van der Waals surface area (Å²) in [6, 6.07) is 15.0. The zero-order valence-electron chi connectivity index (χ0n) is 15.7. The predicted octanol–water partition coefficient (Wildman–Crippen LogP) is 4.36. The van der Waals surface area contributed by atoms with Crippen LogP contribution in [0.25, 0.3) is 16.9 Å². The zero-order chi connectivity index (χ0) is 19.5. The van der Waals surface area contributed by atoms with Crippen molar-refractivity contribution in [3.8, 4) is 17.1 Å². The molecule has 0 bridgehead atoms. The summed E-state index contributed by atoms with van der Waals surface area (Å²) < 4.78 is 7.31. The molecule has 0 saturated heterocycles. The number of pyridine rings is 2. The van der Waals surface area contributed by atoms with Gasteiger partial charge >= 0.3 is 0 Å². The molecule has 4 aromatic rings. The lowest BCUT2D eigenvalue weighted by Gasteiger charge is -2.10. The van der Waals surface area contributed by atoms with Crippen molar-refractivity contribution >= 4 is 17.2 Å². The van der Waals surface area contributed by atoms with Crippen molar-refractivity contribution in [3.05, 3.63) is 78.2 Å². The van der Waals surface area contributed by atoms with Crippen molar-refractivity contribution in [2.45, 2.75) is 13.8 Å². The maximum Gasteiger partial charge on any atom is 0.257 e. The van der Waals surface area contributed by atoms with Gasteiger partial charge in [-0.05, 0) is 37.6 Å². The van der Waals surface area contributed by atoms with E-state index in [0.29, 0.717) is 23.7 Å². The van der Waals surface area contributed by atoms with E-state index >= 15 is 0 Å². The summed E-state index contributed by atoms with van der Waals surface area (Å²) in [5.74, 6) is 0.266. The van der Waals surface area contributed by atoms with Gasteiger partial charge in [-0.1, -0.05) is 24.3 Å². The minimum Gasteiger partial charge on any atom is -0.478 e. The van der Waals surface area contributed by atoms with Crippen LogP contribution < -0.4 is 10.1 Å². The summed E-state index contributed by atoms with van der Waals surface area (Å²) in [5, 5.41) is 2.97. The molecule has 0 fully saturated rings. The molecule has 6 heteroatoms. The van der Waals surface area contributed by atoms with Gasteiger partial charge in [0.15, 0.2) is 0 Å². The number of imidazole rings is 1. The quantitative estimate of drug-likeness (QED) is 0.565. The summed E-state index contributed by atoms with van der Waals surface area (Å²) in [7, 11) is 0. The number of nitrogens with zero attached hydrogens (tertiary/aromatic N) is 3. The van der Waals surface area contributed by atoms with E-state index in [1.165, 1.54) is 6.20 Å². The highest BCUT2D eigenvalue weighted by atomic mass is 16.5. The molecular formula is C22H20N4O2. The van der Waals surface area contributed by atoms with Crippen LogP contribution in [-0.4, -0.2) is 26.9 Å². The highest BCUT2D eigenvalue weighted by Crippen LogP contribution is 2.28. The lowest BCUT2D eigenvalue weighted by molar-refractivity contribution is 0.102. The Morgan fingerprint density at radius 1 is 1.14 bits per heavy atom. The van der Waals surface area contributed by atoms with E-state index in [1.54, 1.807) is 12.1 Å². The third-order valence-electron chi connectivity index (χ3n) is 4.42. The smallest absolute Gasteiger partial charge is 0.257 e. The highest BCUT2D eigenvalue weighted by Gasteiger charge is 2.13. The summed E-state index contributed by atoms with van der Waals surface area (Å²) in [5.41, 5.74) is 4.81. The Morgan fingerprint density at radius 3 is 2.75 bits per heavy atom. The molecule has 28 heavy (non-hydrogen) atoms. The maximum absolute atomic E-state index is 12.7. The SMILES string of the molecule is CCOc1ccc(C(=O)Nc2ccccc2-c2cn3cccc(C)c3n2)cn1. The molecule has 1 N–H and O–H groups in total. The molecule has 1 amide bonds. The minimum atomic E-state index is -0.233. The topological polar surface area (TPSA) is 68.5 Å². The van der Waals surface area contributed by atoms with Crippen LogP contribution in [0.3, 0.4) is 0 Å². The third kappa shape index (κ3) is 3.44. The number of anilines is 1. The monoisotopic (exact) mass is 372 g/mol. The van der Waals surface area contributed by atoms with Gasteiger partial charge in [-0.2, -0.15) is 0 Å². The van der Waals surface area contributed by atoms with Crippen LogP contribution in [0.15, 0.2) is 67.1 Å². The van der Waals surface area contributed by atoms with Crippen LogP contribution in [0.5, 0.6) is 5.88 Å². The molecule has 0 aliphatic heterocycles. The zero-order valence-corrected chi connectivity index (χ0v) is 15.7. The number of ether oxygens (including phenoxy) is 1. The number of para-hydroxylation sites is 1. The molecular weight excluding hydrogens is 352 g/mol. The average Bonchev–Trinajstić information content (AvgIpc) is 3.15. The number of aromatic nitrogens is 3. The second-order valence-corrected chi connectivity index (χ2v) is 6.37. The Labute approximate surface area is 162 Å². The molecule has 3 heterocycles. The van der Waals surface area contributed by atoms with Crippen LogP contribution >= 0.6 is 0 Å². The molecule has 140 valence electrons.